The van der Waals surface area contributed by atoms with Crippen molar-refractivity contribution in [1.82, 2.24) is 19.1 Å². The van der Waals surface area contributed by atoms with E-state index >= 15 is 0 Å². The molecule has 0 saturated carbocycles. The van der Waals surface area contributed by atoms with Crippen molar-refractivity contribution in [2.24, 2.45) is 0 Å². The fourth-order valence-corrected chi connectivity index (χ4v) is 3.67. The zero-order valence-corrected chi connectivity index (χ0v) is 15.3. The van der Waals surface area contributed by atoms with Gasteiger partial charge in [-0.1, -0.05) is 17.7 Å². The fraction of sp³-hybridized carbons (Fsp3) is 0.368. The molecule has 26 heavy (non-hydrogen) atoms. The average Bonchev–Trinajstić information content (AvgIpc) is 3.14. The standard InChI is InChI=1S/C19H22ClN5O/c20-16-4-1-5-17(14-16)23-12-10-22(11-13-23)7-3-9-25-19(26)18-6-2-8-24(18)15-21-25/h1-2,4-6,8,14-15H,3,7,9-13H2. The van der Waals surface area contributed by atoms with Crippen molar-refractivity contribution in [3.8, 4) is 0 Å². The van der Waals surface area contributed by atoms with Crippen LogP contribution in [-0.2, 0) is 6.54 Å². The van der Waals surface area contributed by atoms with E-state index in [1.807, 2.05) is 36.5 Å². The van der Waals surface area contributed by atoms with Crippen molar-refractivity contribution < 1.29 is 0 Å². The molecule has 136 valence electrons. The van der Waals surface area contributed by atoms with Gasteiger partial charge in [0.1, 0.15) is 11.8 Å². The number of fused-ring (bicyclic) bond motifs is 1. The Morgan fingerprint density at radius 3 is 2.69 bits per heavy atom. The monoisotopic (exact) mass is 371 g/mol. The van der Waals surface area contributed by atoms with Gasteiger partial charge in [0, 0.05) is 56.2 Å². The average molecular weight is 372 g/mol. The highest BCUT2D eigenvalue weighted by molar-refractivity contribution is 6.30. The first-order valence-corrected chi connectivity index (χ1v) is 9.34. The number of hydrogen-bond acceptors (Lipinski definition) is 4. The molecule has 4 rings (SSSR count). The molecular weight excluding hydrogens is 350 g/mol. The van der Waals surface area contributed by atoms with Gasteiger partial charge >= 0.3 is 0 Å². The third-order valence-corrected chi connectivity index (χ3v) is 5.17. The van der Waals surface area contributed by atoms with Crippen LogP contribution in [0, 0.1) is 0 Å². The Kier molecular flexibility index (Phi) is 4.95. The van der Waals surface area contributed by atoms with Gasteiger partial charge < -0.3 is 9.30 Å². The second-order valence-corrected chi connectivity index (χ2v) is 7.06. The second kappa shape index (κ2) is 7.51. The van der Waals surface area contributed by atoms with E-state index in [0.717, 1.165) is 44.2 Å². The molecule has 0 unspecified atom stereocenters. The van der Waals surface area contributed by atoms with Crippen molar-refractivity contribution in [1.29, 1.82) is 0 Å². The van der Waals surface area contributed by atoms with Gasteiger partial charge in [0.15, 0.2) is 0 Å². The van der Waals surface area contributed by atoms with Gasteiger partial charge in [-0.25, -0.2) is 4.68 Å². The molecule has 6 nitrogen and oxygen atoms in total. The summed E-state index contributed by atoms with van der Waals surface area (Å²) in [6.45, 7) is 5.65. The number of aromatic nitrogens is 3. The fourth-order valence-electron chi connectivity index (χ4n) is 3.48. The highest BCUT2D eigenvalue weighted by Crippen LogP contribution is 2.20. The largest absolute Gasteiger partial charge is 0.369 e. The summed E-state index contributed by atoms with van der Waals surface area (Å²) in [7, 11) is 0. The molecule has 1 aliphatic rings. The van der Waals surface area contributed by atoms with Gasteiger partial charge in [0.2, 0.25) is 0 Å². The van der Waals surface area contributed by atoms with Gasteiger partial charge in [0.05, 0.1) is 0 Å². The van der Waals surface area contributed by atoms with E-state index in [4.69, 9.17) is 11.6 Å². The smallest absolute Gasteiger partial charge is 0.290 e. The number of piperazine rings is 1. The molecule has 1 fully saturated rings. The van der Waals surface area contributed by atoms with Crippen LogP contribution in [-0.4, -0.2) is 51.8 Å². The molecule has 0 atom stereocenters. The Labute approximate surface area is 157 Å². The molecule has 1 saturated heterocycles. The van der Waals surface area contributed by atoms with E-state index in [1.165, 1.54) is 5.69 Å². The second-order valence-electron chi connectivity index (χ2n) is 6.62. The Morgan fingerprint density at radius 1 is 1.04 bits per heavy atom. The lowest BCUT2D eigenvalue weighted by Gasteiger charge is -2.36. The van der Waals surface area contributed by atoms with Gasteiger partial charge in [-0.2, -0.15) is 5.10 Å². The van der Waals surface area contributed by atoms with Crippen molar-refractivity contribution in [3.05, 3.63) is 64.3 Å². The third kappa shape index (κ3) is 3.61. The van der Waals surface area contributed by atoms with Crippen LogP contribution in [0.3, 0.4) is 0 Å². The zero-order chi connectivity index (χ0) is 17.9. The van der Waals surface area contributed by atoms with Gasteiger partial charge in [-0.15, -0.1) is 0 Å². The van der Waals surface area contributed by atoms with Crippen molar-refractivity contribution >= 4 is 22.8 Å². The van der Waals surface area contributed by atoms with Crippen molar-refractivity contribution in [3.63, 3.8) is 0 Å². The first kappa shape index (κ1) is 17.1. The number of aryl methyl sites for hydroxylation is 1. The Hall–Kier alpha value is -2.31. The maximum atomic E-state index is 12.3. The van der Waals surface area contributed by atoms with Crippen LogP contribution in [0.4, 0.5) is 5.69 Å². The summed E-state index contributed by atoms with van der Waals surface area (Å²) >= 11 is 6.09. The summed E-state index contributed by atoms with van der Waals surface area (Å²) in [6.07, 6.45) is 4.45. The summed E-state index contributed by atoms with van der Waals surface area (Å²) in [5, 5.41) is 5.03. The van der Waals surface area contributed by atoms with E-state index < -0.39 is 0 Å². The van der Waals surface area contributed by atoms with Gasteiger partial charge in [0.25, 0.3) is 5.56 Å². The van der Waals surface area contributed by atoms with E-state index in [-0.39, 0.29) is 5.56 Å². The predicted molar refractivity (Wildman–Crippen MR) is 104 cm³/mol. The molecule has 0 bridgehead atoms. The molecule has 1 aromatic carbocycles. The highest BCUT2D eigenvalue weighted by atomic mass is 35.5. The molecule has 7 heteroatoms. The lowest BCUT2D eigenvalue weighted by atomic mass is 10.2. The Bertz CT molecular complexity index is 942. The number of nitrogens with zero attached hydrogens (tertiary/aromatic N) is 5. The van der Waals surface area contributed by atoms with Crippen LogP contribution in [0.5, 0.6) is 0 Å². The quantitative estimate of drug-likeness (QED) is 0.690. The summed E-state index contributed by atoms with van der Waals surface area (Å²) in [6, 6.07) is 11.7. The van der Waals surface area contributed by atoms with E-state index in [9.17, 15) is 4.79 Å². The molecule has 3 aromatic rings. The van der Waals surface area contributed by atoms with E-state index in [1.54, 1.807) is 15.4 Å². The van der Waals surface area contributed by atoms with E-state index in [0.29, 0.717) is 12.1 Å². The Morgan fingerprint density at radius 2 is 1.88 bits per heavy atom. The predicted octanol–water partition coefficient (Wildman–Crippen LogP) is 2.36. The number of hydrogen-bond donors (Lipinski definition) is 0. The normalized spacial score (nSPS) is 15.7. The topological polar surface area (TPSA) is 45.8 Å². The third-order valence-electron chi connectivity index (χ3n) is 4.94. The van der Waals surface area contributed by atoms with Crippen LogP contribution < -0.4 is 10.5 Å². The number of benzene rings is 1. The number of halogens is 1. The number of rotatable bonds is 5. The zero-order valence-electron chi connectivity index (χ0n) is 14.6. The van der Waals surface area contributed by atoms with Crippen molar-refractivity contribution in [2.45, 2.75) is 13.0 Å². The molecule has 0 aliphatic carbocycles. The minimum absolute atomic E-state index is 0.0247. The highest BCUT2D eigenvalue weighted by Gasteiger charge is 2.17. The lowest BCUT2D eigenvalue weighted by Crippen LogP contribution is -2.46. The molecule has 0 N–H and O–H groups in total. The maximum Gasteiger partial charge on any atom is 0.290 e. The maximum absolute atomic E-state index is 12.3. The summed E-state index contributed by atoms with van der Waals surface area (Å²) < 4.78 is 3.32. The lowest BCUT2D eigenvalue weighted by molar-refractivity contribution is 0.248. The van der Waals surface area contributed by atoms with Gasteiger partial charge in [-0.3, -0.25) is 9.69 Å². The minimum Gasteiger partial charge on any atom is -0.369 e. The Balaban J connectivity index is 1.28. The minimum atomic E-state index is -0.0247. The van der Waals surface area contributed by atoms with Crippen LogP contribution in [0.15, 0.2) is 53.7 Å². The molecule has 3 heterocycles. The molecule has 2 aromatic heterocycles. The van der Waals surface area contributed by atoms with Crippen LogP contribution in [0.25, 0.3) is 5.52 Å². The molecule has 0 amide bonds. The van der Waals surface area contributed by atoms with E-state index in [2.05, 4.69) is 21.0 Å². The first-order valence-electron chi connectivity index (χ1n) is 8.96. The van der Waals surface area contributed by atoms with Crippen LogP contribution in [0.2, 0.25) is 5.02 Å². The molecule has 0 radical (unpaired) electrons. The van der Waals surface area contributed by atoms with Gasteiger partial charge in [-0.05, 0) is 36.8 Å². The van der Waals surface area contributed by atoms with Crippen LogP contribution in [0.1, 0.15) is 6.42 Å². The van der Waals surface area contributed by atoms with Crippen molar-refractivity contribution in [2.75, 3.05) is 37.6 Å². The molecule has 0 spiro atoms. The summed E-state index contributed by atoms with van der Waals surface area (Å²) in [5.41, 5.74) is 1.84. The molecule has 1 aliphatic heterocycles. The summed E-state index contributed by atoms with van der Waals surface area (Å²) in [4.78, 5) is 17.2. The first-order chi connectivity index (χ1) is 12.7. The van der Waals surface area contributed by atoms with Crippen LogP contribution >= 0.6 is 11.6 Å². The summed E-state index contributed by atoms with van der Waals surface area (Å²) in [5.74, 6) is 0. The number of anilines is 1. The molecular formula is C19H22ClN5O. The SMILES string of the molecule is O=c1c2cccn2cnn1CCCN1CCN(c2cccc(Cl)c2)CC1.